The number of carbonyl (C=O) groups is 1. The number of hydrogen-bond acceptors (Lipinski definition) is 1. The Labute approximate surface area is 109 Å². The van der Waals surface area contributed by atoms with Crippen molar-refractivity contribution >= 4 is 43.7 Å². The third-order valence-corrected chi connectivity index (χ3v) is 0. The van der Waals surface area contributed by atoms with Crippen molar-refractivity contribution < 1.29 is 60.2 Å². The molecule has 0 heterocycles. The van der Waals surface area contributed by atoms with Crippen molar-refractivity contribution in [2.75, 3.05) is 0 Å². The predicted octanol–water partition coefficient (Wildman–Crippen LogP) is -5.42. The molecule has 0 aromatic heterocycles. The molecule has 0 amide bonds. The molecule has 0 aromatic carbocycles. The first-order valence-corrected chi connectivity index (χ1v) is 0.928. The summed E-state index contributed by atoms with van der Waals surface area (Å²) in [6, 6.07) is 0. The van der Waals surface area contributed by atoms with Crippen LogP contribution in [0.5, 0.6) is 0 Å². The van der Waals surface area contributed by atoms with Crippen LogP contribution in [-0.4, -0.2) is 65.2 Å². The fourth-order valence-electron chi connectivity index (χ4n) is 0. The molecule has 7 N–H and O–H groups in total. The van der Waals surface area contributed by atoms with Crippen LogP contribution in [0.1, 0.15) is 11.2 Å². The maximum atomic E-state index is 9.00. The smallest absolute Gasteiger partial charge is 1.00 e. The van der Waals surface area contributed by atoms with Crippen molar-refractivity contribution in [2.24, 2.45) is 0 Å². The Kier molecular flexibility index (Phi) is 172. The minimum absolute atomic E-state index is 0. The van der Waals surface area contributed by atoms with Gasteiger partial charge < -0.3 is 25.8 Å². The summed E-state index contributed by atoms with van der Waals surface area (Å²) in [5, 5.41) is 7.42. The van der Waals surface area contributed by atoms with E-state index in [9.17, 15) is 0 Å². The molecular weight excluding hydrogens is 167 g/mol. The van der Waals surface area contributed by atoms with Crippen LogP contribution >= 0.6 is 0 Å². The van der Waals surface area contributed by atoms with Gasteiger partial charge in [-0.15, -0.1) is 0 Å². The molecule has 9 heavy (non-hydrogen) atoms. The molecule has 0 saturated heterocycles. The Morgan fingerprint density at radius 3 is 1.33 bits per heavy atom. The predicted molar refractivity (Wildman–Crippen MR) is 33.2 cm³/mol. The zero-order valence-electron chi connectivity index (χ0n) is 8.56. The van der Waals surface area contributed by atoms with Gasteiger partial charge in [0.2, 0.25) is 0 Å². The van der Waals surface area contributed by atoms with Crippen LogP contribution in [-0.2, 0) is 4.79 Å². The zero-order chi connectivity index (χ0) is 3.58. The molecule has 0 aliphatic carbocycles. The first-order valence-electron chi connectivity index (χ1n) is 0.928. The molecule has 54 valence electrons. The number of rotatable bonds is 0. The second-order valence-electron chi connectivity index (χ2n) is 0.519. The molecule has 0 aromatic rings. The molecule has 0 saturated carbocycles. The molecule has 0 atom stereocenters. The summed E-state index contributed by atoms with van der Waals surface area (Å²) in [5.41, 5.74) is 0. The Bertz CT molecular complexity index is 47.7. The van der Waals surface area contributed by atoms with Gasteiger partial charge in [-0.1, -0.05) is 0 Å². The molecule has 7 heteroatoms. The normalized spacial score (nSPS) is 2.78. The molecular formula is C2H13CaNaO5. The van der Waals surface area contributed by atoms with Gasteiger partial charge in [0.05, 0.1) is 0 Å². The topological polar surface area (TPSA) is 132 Å². The molecule has 0 bridgehead atoms. The fraction of sp³-hybridized carbons (Fsp3) is 0.500. The summed E-state index contributed by atoms with van der Waals surface area (Å²) in [4.78, 5) is 9.00. The molecule has 5 nitrogen and oxygen atoms in total. The minimum atomic E-state index is -0.833. The van der Waals surface area contributed by atoms with Gasteiger partial charge in [0.25, 0.3) is 5.97 Å². The van der Waals surface area contributed by atoms with Crippen LogP contribution < -0.4 is 29.6 Å². The van der Waals surface area contributed by atoms with Crippen molar-refractivity contribution in [3.8, 4) is 0 Å². The van der Waals surface area contributed by atoms with E-state index in [1.807, 2.05) is 0 Å². The van der Waals surface area contributed by atoms with E-state index >= 15 is 0 Å². The number of carboxylic acids is 1. The standard InChI is InChI=1S/C2H4O2.Ca.Na.3H2O.3H/c1-2(3)4;;;;;;;;/h1H3,(H,3,4);;;3*1H2;;;/q;+2;+1;;;;3*-1. The molecule has 0 spiro atoms. The maximum absolute atomic E-state index is 9.00. The minimum Gasteiger partial charge on any atom is -1.00 e. The van der Waals surface area contributed by atoms with Gasteiger partial charge in [-0.25, -0.2) is 0 Å². The van der Waals surface area contributed by atoms with Gasteiger partial charge in [-0.05, 0) is 0 Å². The van der Waals surface area contributed by atoms with Crippen molar-refractivity contribution in [2.45, 2.75) is 6.92 Å². The monoisotopic (exact) mass is 180 g/mol. The SMILES string of the molecule is CC(=O)O.O.O.O.[Ca+2].[H-].[H-].[H-].[Na+]. The van der Waals surface area contributed by atoms with E-state index in [0.29, 0.717) is 0 Å². The van der Waals surface area contributed by atoms with Gasteiger partial charge in [0, 0.05) is 6.92 Å². The summed E-state index contributed by atoms with van der Waals surface area (Å²) in [6.45, 7) is 1.08. The van der Waals surface area contributed by atoms with Gasteiger partial charge in [-0.2, -0.15) is 0 Å². The average molecular weight is 180 g/mol. The van der Waals surface area contributed by atoms with E-state index < -0.39 is 5.97 Å². The first kappa shape index (κ1) is 46.1. The molecule has 0 rings (SSSR count). The average Bonchev–Trinajstić information content (AvgIpc) is 0.811. The van der Waals surface area contributed by atoms with E-state index in [-0.39, 0.29) is 88.0 Å². The molecule has 0 radical (unpaired) electrons. The van der Waals surface area contributed by atoms with Crippen LogP contribution in [0.4, 0.5) is 0 Å². The van der Waals surface area contributed by atoms with Crippen LogP contribution in [0.3, 0.4) is 0 Å². The number of carboxylic acid groups (broad SMARTS) is 1. The fourth-order valence-corrected chi connectivity index (χ4v) is 0. The Balaban J connectivity index is -0.00000000161. The molecule has 0 aliphatic heterocycles. The quantitative estimate of drug-likeness (QED) is 0.373. The van der Waals surface area contributed by atoms with Gasteiger partial charge in [-0.3, -0.25) is 4.79 Å². The Morgan fingerprint density at radius 1 is 1.33 bits per heavy atom. The zero-order valence-corrected chi connectivity index (χ0v) is 9.77. The summed E-state index contributed by atoms with van der Waals surface area (Å²) in [5.74, 6) is -0.833. The first-order chi connectivity index (χ1) is 1.73. The van der Waals surface area contributed by atoms with Crippen LogP contribution in [0.15, 0.2) is 0 Å². The third-order valence-electron chi connectivity index (χ3n) is 0. The summed E-state index contributed by atoms with van der Waals surface area (Å²) < 4.78 is 0. The molecule has 0 aliphatic rings. The van der Waals surface area contributed by atoms with E-state index in [1.165, 1.54) is 0 Å². The van der Waals surface area contributed by atoms with Gasteiger partial charge >= 0.3 is 67.3 Å². The number of aliphatic carboxylic acids is 1. The Hall–Kier alpha value is 1.61. The third kappa shape index (κ3) is 215. The second kappa shape index (κ2) is 33.5. The van der Waals surface area contributed by atoms with E-state index in [0.717, 1.165) is 6.92 Å². The van der Waals surface area contributed by atoms with E-state index in [1.54, 1.807) is 0 Å². The summed E-state index contributed by atoms with van der Waals surface area (Å²) in [6.07, 6.45) is 0. The van der Waals surface area contributed by atoms with Crippen LogP contribution in [0.25, 0.3) is 0 Å². The maximum Gasteiger partial charge on any atom is 2.00 e. The molecule has 0 unspecified atom stereocenters. The summed E-state index contributed by atoms with van der Waals surface area (Å²) >= 11 is 0. The van der Waals surface area contributed by atoms with E-state index in [2.05, 4.69) is 0 Å². The van der Waals surface area contributed by atoms with Crippen molar-refractivity contribution in [1.82, 2.24) is 0 Å². The largest absolute Gasteiger partial charge is 2.00 e. The number of hydrogen-bond donors (Lipinski definition) is 1. The Morgan fingerprint density at radius 2 is 1.33 bits per heavy atom. The van der Waals surface area contributed by atoms with Crippen molar-refractivity contribution in [1.29, 1.82) is 0 Å². The van der Waals surface area contributed by atoms with Crippen LogP contribution in [0, 0.1) is 0 Å². The van der Waals surface area contributed by atoms with E-state index in [4.69, 9.17) is 9.90 Å². The van der Waals surface area contributed by atoms with Gasteiger partial charge in [0.15, 0.2) is 0 Å². The molecule has 0 fully saturated rings. The van der Waals surface area contributed by atoms with Gasteiger partial charge in [0.1, 0.15) is 0 Å². The van der Waals surface area contributed by atoms with Crippen LogP contribution in [0.2, 0.25) is 0 Å². The van der Waals surface area contributed by atoms with Crippen molar-refractivity contribution in [3.63, 3.8) is 0 Å². The van der Waals surface area contributed by atoms with Crippen molar-refractivity contribution in [3.05, 3.63) is 0 Å². The second-order valence-corrected chi connectivity index (χ2v) is 0.519. The summed E-state index contributed by atoms with van der Waals surface area (Å²) in [7, 11) is 0.